The van der Waals surface area contributed by atoms with E-state index in [2.05, 4.69) is 24.0 Å². The van der Waals surface area contributed by atoms with Crippen molar-refractivity contribution in [3.05, 3.63) is 29.8 Å². The number of benzene rings is 1. The fraction of sp³-hybridized carbons (Fsp3) is 0.533. The van der Waals surface area contributed by atoms with E-state index in [1.807, 2.05) is 12.1 Å². The minimum Gasteiger partial charge on any atom is -0.399 e. The number of piperidine rings is 1. The van der Waals surface area contributed by atoms with Crippen LogP contribution in [0.3, 0.4) is 0 Å². The van der Waals surface area contributed by atoms with Gasteiger partial charge in [0.2, 0.25) is 5.91 Å². The maximum absolute atomic E-state index is 12.2. The monoisotopic (exact) mass is 246 g/mol. The summed E-state index contributed by atoms with van der Waals surface area (Å²) in [6.45, 7) is 2.95. The Kier molecular flexibility index (Phi) is 4.24. The van der Waals surface area contributed by atoms with Crippen molar-refractivity contribution in [1.82, 2.24) is 4.90 Å². The van der Waals surface area contributed by atoms with Gasteiger partial charge in [-0.15, -0.1) is 0 Å². The summed E-state index contributed by atoms with van der Waals surface area (Å²) < 4.78 is 0. The number of nitrogens with two attached hydrogens (primary N) is 1. The molecule has 1 unspecified atom stereocenters. The zero-order chi connectivity index (χ0) is 13.0. The predicted molar refractivity (Wildman–Crippen MR) is 74.1 cm³/mol. The molecule has 2 rings (SSSR count). The van der Waals surface area contributed by atoms with E-state index >= 15 is 0 Å². The van der Waals surface area contributed by atoms with Crippen molar-refractivity contribution in [1.29, 1.82) is 0 Å². The van der Waals surface area contributed by atoms with Gasteiger partial charge < -0.3 is 10.6 Å². The molecule has 3 heteroatoms. The molecule has 1 aromatic rings. The lowest BCUT2D eigenvalue weighted by Crippen LogP contribution is -2.38. The van der Waals surface area contributed by atoms with Crippen LogP contribution in [0.15, 0.2) is 24.3 Å². The quantitative estimate of drug-likeness (QED) is 0.833. The number of carbonyl (C=O) groups is 1. The Balaban J connectivity index is 2.17. The molecule has 1 amide bonds. The van der Waals surface area contributed by atoms with Crippen LogP contribution in [0.4, 0.5) is 5.69 Å². The van der Waals surface area contributed by atoms with Gasteiger partial charge in [0.05, 0.1) is 6.04 Å². The highest BCUT2D eigenvalue weighted by Gasteiger charge is 2.27. The van der Waals surface area contributed by atoms with Gasteiger partial charge in [-0.2, -0.15) is 0 Å². The normalized spacial score (nSPS) is 19.8. The standard InChI is InChI=1S/C15H22N2O/c1-2-5-15(18)17-11-4-3-6-14(17)12-7-9-13(16)10-8-12/h7-10,14H,2-6,11,16H2,1H3. The molecule has 1 aliphatic rings. The Bertz CT molecular complexity index is 399. The fourth-order valence-electron chi connectivity index (χ4n) is 2.65. The fourth-order valence-corrected chi connectivity index (χ4v) is 2.65. The van der Waals surface area contributed by atoms with Crippen molar-refractivity contribution in [3.8, 4) is 0 Å². The van der Waals surface area contributed by atoms with E-state index in [-0.39, 0.29) is 6.04 Å². The highest BCUT2D eigenvalue weighted by atomic mass is 16.2. The van der Waals surface area contributed by atoms with E-state index < -0.39 is 0 Å². The van der Waals surface area contributed by atoms with Crippen LogP contribution in [0.25, 0.3) is 0 Å². The van der Waals surface area contributed by atoms with Gasteiger partial charge in [-0.3, -0.25) is 4.79 Å². The van der Waals surface area contributed by atoms with Crippen molar-refractivity contribution in [2.45, 2.75) is 45.1 Å². The second-order valence-electron chi connectivity index (χ2n) is 5.02. The lowest BCUT2D eigenvalue weighted by molar-refractivity contribution is -0.135. The molecule has 0 spiro atoms. The largest absolute Gasteiger partial charge is 0.399 e. The number of nitrogen functional groups attached to an aromatic ring is 1. The predicted octanol–water partition coefficient (Wildman–Crippen LogP) is 3.12. The highest BCUT2D eigenvalue weighted by molar-refractivity contribution is 5.76. The van der Waals surface area contributed by atoms with Crippen molar-refractivity contribution in [3.63, 3.8) is 0 Å². The van der Waals surface area contributed by atoms with E-state index in [0.717, 1.165) is 31.5 Å². The van der Waals surface area contributed by atoms with E-state index in [9.17, 15) is 4.79 Å². The third kappa shape index (κ3) is 2.84. The minimum atomic E-state index is 0.249. The van der Waals surface area contributed by atoms with E-state index in [4.69, 9.17) is 5.73 Å². The second kappa shape index (κ2) is 5.89. The highest BCUT2D eigenvalue weighted by Crippen LogP contribution is 2.31. The van der Waals surface area contributed by atoms with Crippen LogP contribution >= 0.6 is 0 Å². The van der Waals surface area contributed by atoms with Gasteiger partial charge in [-0.05, 0) is 43.4 Å². The van der Waals surface area contributed by atoms with Gasteiger partial charge in [0, 0.05) is 18.7 Å². The SMILES string of the molecule is CCCC(=O)N1CCCCC1c1ccc(N)cc1. The van der Waals surface area contributed by atoms with Gasteiger partial charge >= 0.3 is 0 Å². The van der Waals surface area contributed by atoms with Crippen LogP contribution in [0.5, 0.6) is 0 Å². The molecule has 1 saturated heterocycles. The molecule has 0 bridgehead atoms. The van der Waals surface area contributed by atoms with Crippen molar-refractivity contribution < 1.29 is 4.79 Å². The van der Waals surface area contributed by atoms with Gasteiger partial charge in [0.15, 0.2) is 0 Å². The molecule has 0 aromatic heterocycles. The Morgan fingerprint density at radius 2 is 2.06 bits per heavy atom. The Morgan fingerprint density at radius 3 is 2.72 bits per heavy atom. The van der Waals surface area contributed by atoms with Gasteiger partial charge in [-0.25, -0.2) is 0 Å². The maximum Gasteiger partial charge on any atom is 0.223 e. The molecule has 1 fully saturated rings. The lowest BCUT2D eigenvalue weighted by Gasteiger charge is -2.36. The third-order valence-corrected chi connectivity index (χ3v) is 3.61. The van der Waals surface area contributed by atoms with Crippen molar-refractivity contribution >= 4 is 11.6 Å². The first-order valence-corrected chi connectivity index (χ1v) is 6.87. The smallest absolute Gasteiger partial charge is 0.223 e. The molecule has 1 aliphatic heterocycles. The summed E-state index contributed by atoms with van der Waals surface area (Å²) in [4.78, 5) is 14.2. The number of anilines is 1. The Morgan fingerprint density at radius 1 is 1.33 bits per heavy atom. The van der Waals surface area contributed by atoms with Crippen LogP contribution < -0.4 is 5.73 Å². The number of hydrogen-bond donors (Lipinski definition) is 1. The van der Waals surface area contributed by atoms with Gasteiger partial charge in [0.25, 0.3) is 0 Å². The first-order chi connectivity index (χ1) is 8.72. The summed E-state index contributed by atoms with van der Waals surface area (Å²) in [7, 11) is 0. The Labute approximate surface area is 109 Å². The summed E-state index contributed by atoms with van der Waals surface area (Å²) in [5.74, 6) is 0.291. The summed E-state index contributed by atoms with van der Waals surface area (Å²) in [6, 6.07) is 8.20. The number of amides is 1. The van der Waals surface area contributed by atoms with Crippen LogP contribution in [0, 0.1) is 0 Å². The number of nitrogens with zero attached hydrogens (tertiary/aromatic N) is 1. The molecule has 0 saturated carbocycles. The van der Waals surface area contributed by atoms with Crippen LogP contribution in [0.1, 0.15) is 50.6 Å². The zero-order valence-electron chi connectivity index (χ0n) is 11.1. The van der Waals surface area contributed by atoms with Gasteiger partial charge in [0.1, 0.15) is 0 Å². The van der Waals surface area contributed by atoms with E-state index in [0.29, 0.717) is 12.3 Å². The molecule has 1 heterocycles. The molecule has 0 aliphatic carbocycles. The van der Waals surface area contributed by atoms with Crippen LogP contribution in [-0.2, 0) is 4.79 Å². The summed E-state index contributed by atoms with van der Waals surface area (Å²) in [6.07, 6.45) is 4.97. The van der Waals surface area contributed by atoms with E-state index in [1.165, 1.54) is 12.0 Å². The maximum atomic E-state index is 12.2. The lowest BCUT2D eigenvalue weighted by atomic mass is 9.94. The molecule has 98 valence electrons. The minimum absolute atomic E-state index is 0.249. The summed E-state index contributed by atoms with van der Waals surface area (Å²) in [5, 5.41) is 0. The number of carbonyl (C=O) groups excluding carboxylic acids is 1. The molecule has 0 radical (unpaired) electrons. The zero-order valence-corrected chi connectivity index (χ0v) is 11.1. The first kappa shape index (κ1) is 12.9. The number of rotatable bonds is 3. The number of likely N-dealkylation sites (tertiary alicyclic amines) is 1. The van der Waals surface area contributed by atoms with Crippen molar-refractivity contribution in [2.24, 2.45) is 0 Å². The molecule has 18 heavy (non-hydrogen) atoms. The summed E-state index contributed by atoms with van der Waals surface area (Å²) >= 11 is 0. The topological polar surface area (TPSA) is 46.3 Å². The molecule has 1 atom stereocenters. The van der Waals surface area contributed by atoms with Crippen LogP contribution in [-0.4, -0.2) is 17.4 Å². The average molecular weight is 246 g/mol. The summed E-state index contributed by atoms with van der Waals surface area (Å²) in [5.41, 5.74) is 7.71. The average Bonchev–Trinajstić information content (AvgIpc) is 2.40. The molecular weight excluding hydrogens is 224 g/mol. The van der Waals surface area contributed by atoms with Crippen LogP contribution in [0.2, 0.25) is 0 Å². The molecule has 1 aromatic carbocycles. The second-order valence-corrected chi connectivity index (χ2v) is 5.02. The van der Waals surface area contributed by atoms with E-state index in [1.54, 1.807) is 0 Å². The van der Waals surface area contributed by atoms with Gasteiger partial charge in [-0.1, -0.05) is 19.1 Å². The first-order valence-electron chi connectivity index (χ1n) is 6.87. The molecule has 2 N–H and O–H groups in total. The molecule has 3 nitrogen and oxygen atoms in total. The number of hydrogen-bond acceptors (Lipinski definition) is 2. The third-order valence-electron chi connectivity index (χ3n) is 3.61. The molecular formula is C15H22N2O. The van der Waals surface area contributed by atoms with Crippen molar-refractivity contribution in [2.75, 3.05) is 12.3 Å². The Hall–Kier alpha value is -1.51.